The second kappa shape index (κ2) is 7.92. The highest BCUT2D eigenvalue weighted by Crippen LogP contribution is 2.37. The summed E-state index contributed by atoms with van der Waals surface area (Å²) in [5, 5.41) is 0.717. The molecule has 0 radical (unpaired) electrons. The Bertz CT molecular complexity index is 534. The predicted octanol–water partition coefficient (Wildman–Crippen LogP) is 3.90. The lowest BCUT2D eigenvalue weighted by molar-refractivity contribution is 0.0519. The van der Waals surface area contributed by atoms with Gasteiger partial charge in [-0.2, -0.15) is 11.8 Å². The zero-order valence-electron chi connectivity index (χ0n) is 15.1. The molecule has 1 aromatic carbocycles. The van der Waals surface area contributed by atoms with Crippen molar-refractivity contribution in [2.24, 2.45) is 0 Å². The van der Waals surface area contributed by atoms with Gasteiger partial charge in [-0.05, 0) is 43.1 Å². The van der Waals surface area contributed by atoms with Gasteiger partial charge in [0.1, 0.15) is 0 Å². The van der Waals surface area contributed by atoms with Gasteiger partial charge in [-0.25, -0.2) is 0 Å². The number of carbonyl (C=O) groups is 1. The van der Waals surface area contributed by atoms with Crippen molar-refractivity contribution < 1.29 is 4.79 Å². The highest BCUT2D eigenvalue weighted by atomic mass is 32.2. The maximum atomic E-state index is 12.7. The molecule has 2 aliphatic heterocycles. The van der Waals surface area contributed by atoms with Gasteiger partial charge in [0.15, 0.2) is 0 Å². The van der Waals surface area contributed by atoms with Crippen molar-refractivity contribution >= 4 is 17.7 Å². The van der Waals surface area contributed by atoms with Gasteiger partial charge in [0.2, 0.25) is 0 Å². The molecule has 0 aromatic heterocycles. The van der Waals surface area contributed by atoms with Gasteiger partial charge in [-0.15, -0.1) is 0 Å². The monoisotopic (exact) mass is 346 g/mol. The fourth-order valence-electron chi connectivity index (χ4n) is 4.27. The van der Waals surface area contributed by atoms with Gasteiger partial charge < -0.3 is 4.90 Å². The van der Waals surface area contributed by atoms with Gasteiger partial charge >= 0.3 is 0 Å². The maximum Gasteiger partial charge on any atom is 0.253 e. The predicted molar refractivity (Wildman–Crippen MR) is 103 cm³/mol. The number of nitrogens with zero attached hydrogens (tertiary/aromatic N) is 2. The molecule has 2 fully saturated rings. The number of carbonyl (C=O) groups excluding carboxylic acids is 1. The number of fused-ring (bicyclic) bond motifs is 2. The molecule has 3 nitrogen and oxygen atoms in total. The van der Waals surface area contributed by atoms with Crippen molar-refractivity contribution in [3.8, 4) is 0 Å². The zero-order chi connectivity index (χ0) is 17.1. The van der Waals surface area contributed by atoms with E-state index >= 15 is 0 Å². The van der Waals surface area contributed by atoms with Crippen LogP contribution in [-0.2, 0) is 0 Å². The molecule has 3 rings (SSSR count). The molecule has 2 bridgehead atoms. The van der Waals surface area contributed by atoms with E-state index in [4.69, 9.17) is 0 Å². The van der Waals surface area contributed by atoms with Crippen LogP contribution in [0.25, 0.3) is 0 Å². The van der Waals surface area contributed by atoms with E-state index in [2.05, 4.69) is 30.5 Å². The summed E-state index contributed by atoms with van der Waals surface area (Å²) in [7, 11) is 1.99. The number of hydrogen-bond acceptors (Lipinski definition) is 3. The molecule has 4 heteroatoms. The Balaban J connectivity index is 1.58. The fourth-order valence-corrected chi connectivity index (χ4v) is 5.06. The van der Waals surface area contributed by atoms with Crippen LogP contribution in [0.15, 0.2) is 30.3 Å². The number of piperidine rings is 1. The van der Waals surface area contributed by atoms with Crippen molar-refractivity contribution in [3.63, 3.8) is 0 Å². The van der Waals surface area contributed by atoms with E-state index in [-0.39, 0.29) is 5.91 Å². The fraction of sp³-hybridized carbons (Fsp3) is 0.650. The topological polar surface area (TPSA) is 23.6 Å². The van der Waals surface area contributed by atoms with E-state index in [1.807, 2.05) is 42.3 Å². The summed E-state index contributed by atoms with van der Waals surface area (Å²) in [6, 6.07) is 11.4. The Morgan fingerprint density at radius 1 is 1.21 bits per heavy atom. The van der Waals surface area contributed by atoms with E-state index in [1.165, 1.54) is 25.1 Å². The van der Waals surface area contributed by atoms with E-state index < -0.39 is 0 Å². The van der Waals surface area contributed by atoms with Crippen molar-refractivity contribution in [3.05, 3.63) is 35.9 Å². The number of rotatable bonds is 6. The lowest BCUT2D eigenvalue weighted by Crippen LogP contribution is -2.51. The summed E-state index contributed by atoms with van der Waals surface area (Å²) in [5.74, 6) is 1.40. The maximum absolute atomic E-state index is 12.7. The lowest BCUT2D eigenvalue weighted by Gasteiger charge is -2.42. The normalized spacial score (nSPS) is 26.8. The van der Waals surface area contributed by atoms with Crippen LogP contribution in [0.4, 0.5) is 0 Å². The van der Waals surface area contributed by atoms with Crippen LogP contribution in [0.3, 0.4) is 0 Å². The third-order valence-electron chi connectivity index (χ3n) is 5.55. The quantitative estimate of drug-likeness (QED) is 0.780. The highest BCUT2D eigenvalue weighted by Gasteiger charge is 2.42. The summed E-state index contributed by atoms with van der Waals surface area (Å²) in [4.78, 5) is 17.4. The Labute approximate surface area is 150 Å². The summed E-state index contributed by atoms with van der Waals surface area (Å²) in [6.45, 7) is 5.76. The van der Waals surface area contributed by atoms with E-state index in [9.17, 15) is 4.79 Å². The molecule has 1 amide bonds. The Kier molecular flexibility index (Phi) is 5.88. The van der Waals surface area contributed by atoms with Crippen molar-refractivity contribution in [1.29, 1.82) is 0 Å². The van der Waals surface area contributed by atoms with Crippen LogP contribution in [0.5, 0.6) is 0 Å². The molecule has 1 aromatic rings. The van der Waals surface area contributed by atoms with Gasteiger partial charge in [-0.3, -0.25) is 9.69 Å². The molecular formula is C20H30N2OS. The first-order valence-electron chi connectivity index (χ1n) is 9.26. The average molecular weight is 347 g/mol. The smallest absolute Gasteiger partial charge is 0.253 e. The second-order valence-electron chi connectivity index (χ2n) is 7.45. The van der Waals surface area contributed by atoms with Gasteiger partial charge in [0, 0.05) is 43.0 Å². The molecule has 0 spiro atoms. The average Bonchev–Trinajstić information content (AvgIpc) is 2.82. The van der Waals surface area contributed by atoms with Gasteiger partial charge in [-0.1, -0.05) is 32.0 Å². The highest BCUT2D eigenvalue weighted by molar-refractivity contribution is 7.99. The SMILES string of the molecule is CC(C)SCCN1[C@H]2CC[C@H]1CC(N(C)C(=O)c1ccccc1)C2. The summed E-state index contributed by atoms with van der Waals surface area (Å²) in [6.07, 6.45) is 4.89. The van der Waals surface area contributed by atoms with Crippen LogP contribution in [-0.4, -0.2) is 58.4 Å². The number of amides is 1. The number of thioether (sulfide) groups is 1. The summed E-state index contributed by atoms with van der Waals surface area (Å²) in [5.41, 5.74) is 0.808. The summed E-state index contributed by atoms with van der Waals surface area (Å²) >= 11 is 2.06. The Morgan fingerprint density at radius 3 is 2.42 bits per heavy atom. The first-order chi connectivity index (χ1) is 11.6. The number of benzene rings is 1. The molecule has 24 heavy (non-hydrogen) atoms. The van der Waals surface area contributed by atoms with Crippen LogP contribution >= 0.6 is 11.8 Å². The van der Waals surface area contributed by atoms with Gasteiger partial charge in [0.25, 0.3) is 5.91 Å². The van der Waals surface area contributed by atoms with Crippen LogP contribution < -0.4 is 0 Å². The van der Waals surface area contributed by atoms with E-state index in [0.717, 1.165) is 23.7 Å². The van der Waals surface area contributed by atoms with Crippen LogP contribution in [0.2, 0.25) is 0 Å². The molecule has 0 N–H and O–H groups in total. The first-order valence-corrected chi connectivity index (χ1v) is 10.3. The van der Waals surface area contributed by atoms with Crippen molar-refractivity contribution in [2.75, 3.05) is 19.3 Å². The van der Waals surface area contributed by atoms with Gasteiger partial charge in [0.05, 0.1) is 0 Å². The van der Waals surface area contributed by atoms with E-state index in [1.54, 1.807) is 0 Å². The van der Waals surface area contributed by atoms with Crippen LogP contribution in [0.1, 0.15) is 49.9 Å². The first kappa shape index (κ1) is 17.8. The zero-order valence-corrected chi connectivity index (χ0v) is 16.0. The molecular weight excluding hydrogens is 316 g/mol. The van der Waals surface area contributed by atoms with Crippen molar-refractivity contribution in [2.45, 2.75) is 62.9 Å². The third-order valence-corrected chi connectivity index (χ3v) is 6.63. The Morgan fingerprint density at radius 2 is 1.83 bits per heavy atom. The van der Waals surface area contributed by atoms with Crippen molar-refractivity contribution in [1.82, 2.24) is 9.80 Å². The summed E-state index contributed by atoms with van der Waals surface area (Å²) < 4.78 is 0. The molecule has 2 atom stereocenters. The minimum absolute atomic E-state index is 0.170. The number of hydrogen-bond donors (Lipinski definition) is 0. The van der Waals surface area contributed by atoms with Crippen LogP contribution in [0, 0.1) is 0 Å². The third kappa shape index (κ3) is 3.97. The Hall–Kier alpha value is -1.00. The molecule has 0 unspecified atom stereocenters. The molecule has 2 saturated heterocycles. The lowest BCUT2D eigenvalue weighted by atomic mass is 9.95. The minimum Gasteiger partial charge on any atom is -0.339 e. The molecule has 2 heterocycles. The minimum atomic E-state index is 0.170. The second-order valence-corrected chi connectivity index (χ2v) is 9.13. The molecule has 0 aliphatic carbocycles. The molecule has 132 valence electrons. The standard InChI is InChI=1S/C20H30N2OS/c1-15(2)24-12-11-22-17-9-10-18(22)14-19(13-17)21(3)20(23)16-7-5-4-6-8-16/h4-8,15,17-19H,9-14H2,1-3H3/t17-,18-/m0/s1. The largest absolute Gasteiger partial charge is 0.339 e. The molecule has 0 saturated carbocycles. The molecule has 2 aliphatic rings. The van der Waals surface area contributed by atoms with E-state index in [0.29, 0.717) is 18.1 Å².